The summed E-state index contributed by atoms with van der Waals surface area (Å²) in [6, 6.07) is 17.9. The van der Waals surface area contributed by atoms with E-state index in [-0.39, 0.29) is 28.2 Å². The van der Waals surface area contributed by atoms with E-state index in [9.17, 15) is 24.8 Å². The van der Waals surface area contributed by atoms with Gasteiger partial charge in [-0.3, -0.25) is 14.9 Å². The lowest BCUT2D eigenvalue weighted by atomic mass is 10.2. The monoisotopic (exact) mass is 405 g/mol. The number of hydrazone groups is 1. The predicted octanol–water partition coefficient (Wildman–Crippen LogP) is 3.28. The molecule has 2 N–H and O–H groups in total. The average Bonchev–Trinajstić information content (AvgIpc) is 2.75. The minimum Gasteiger partial charge on any atom is -0.507 e. The Labute approximate surface area is 170 Å². The molecular formula is C21H15N3O6. The number of nitro groups is 1. The molecule has 0 aliphatic carbocycles. The van der Waals surface area contributed by atoms with E-state index in [0.717, 1.165) is 6.21 Å². The van der Waals surface area contributed by atoms with Crippen LogP contribution < -0.4 is 10.2 Å². The van der Waals surface area contributed by atoms with Crippen molar-refractivity contribution >= 4 is 23.8 Å². The lowest BCUT2D eigenvalue weighted by Gasteiger charge is -2.08. The first-order valence-electron chi connectivity index (χ1n) is 8.63. The van der Waals surface area contributed by atoms with Gasteiger partial charge in [0.25, 0.3) is 5.91 Å². The summed E-state index contributed by atoms with van der Waals surface area (Å²) >= 11 is 0. The number of nitrogens with one attached hydrogen (secondary N) is 1. The van der Waals surface area contributed by atoms with Crippen LogP contribution in [0.2, 0.25) is 0 Å². The Bertz CT molecular complexity index is 1130. The molecule has 3 aromatic rings. The van der Waals surface area contributed by atoms with Gasteiger partial charge in [0, 0.05) is 11.6 Å². The number of para-hydroxylation sites is 2. The normalized spacial score (nSPS) is 10.5. The third-order valence-electron chi connectivity index (χ3n) is 3.94. The van der Waals surface area contributed by atoms with E-state index < -0.39 is 22.5 Å². The first-order chi connectivity index (χ1) is 14.5. The quantitative estimate of drug-likeness (QED) is 0.213. The number of phenols is 1. The third kappa shape index (κ3) is 4.65. The molecule has 9 nitrogen and oxygen atoms in total. The maximum Gasteiger partial charge on any atom is 0.343 e. The summed E-state index contributed by atoms with van der Waals surface area (Å²) < 4.78 is 5.26. The van der Waals surface area contributed by atoms with Gasteiger partial charge >= 0.3 is 11.7 Å². The van der Waals surface area contributed by atoms with Crippen LogP contribution in [0.1, 0.15) is 26.3 Å². The number of aromatic hydroxyl groups is 1. The van der Waals surface area contributed by atoms with Gasteiger partial charge < -0.3 is 9.84 Å². The molecule has 9 heteroatoms. The molecule has 0 saturated carbocycles. The van der Waals surface area contributed by atoms with Crippen molar-refractivity contribution < 1.29 is 24.4 Å². The average molecular weight is 405 g/mol. The highest BCUT2D eigenvalue weighted by atomic mass is 16.6. The number of esters is 1. The Morgan fingerprint density at radius 3 is 2.40 bits per heavy atom. The van der Waals surface area contributed by atoms with E-state index in [0.29, 0.717) is 0 Å². The summed E-state index contributed by atoms with van der Waals surface area (Å²) in [6.07, 6.45) is 1.11. The first kappa shape index (κ1) is 20.2. The number of rotatable bonds is 6. The van der Waals surface area contributed by atoms with E-state index in [1.165, 1.54) is 42.5 Å². The fraction of sp³-hybridized carbons (Fsp3) is 0. The van der Waals surface area contributed by atoms with Gasteiger partial charge in [0.1, 0.15) is 5.75 Å². The number of nitrogens with zero attached hydrogens (tertiary/aromatic N) is 2. The topological polar surface area (TPSA) is 131 Å². The van der Waals surface area contributed by atoms with E-state index in [4.69, 9.17) is 4.74 Å². The fourth-order valence-electron chi connectivity index (χ4n) is 2.51. The predicted molar refractivity (Wildman–Crippen MR) is 108 cm³/mol. The molecule has 0 atom stereocenters. The van der Waals surface area contributed by atoms with Crippen molar-refractivity contribution in [2.24, 2.45) is 5.10 Å². The van der Waals surface area contributed by atoms with Gasteiger partial charge in [0.15, 0.2) is 0 Å². The zero-order valence-corrected chi connectivity index (χ0v) is 15.4. The number of nitro benzene ring substituents is 1. The minimum atomic E-state index is -0.780. The summed E-state index contributed by atoms with van der Waals surface area (Å²) in [7, 11) is 0. The molecule has 3 rings (SSSR count). The molecule has 0 aliphatic rings. The van der Waals surface area contributed by atoms with Gasteiger partial charge in [-0.1, -0.05) is 36.4 Å². The lowest BCUT2D eigenvalue weighted by Crippen LogP contribution is -2.18. The molecule has 0 spiro atoms. The zero-order valence-electron chi connectivity index (χ0n) is 15.4. The maximum atomic E-state index is 12.4. The van der Waals surface area contributed by atoms with Gasteiger partial charge in [-0.05, 0) is 30.3 Å². The third-order valence-corrected chi connectivity index (χ3v) is 3.94. The largest absolute Gasteiger partial charge is 0.507 e. The van der Waals surface area contributed by atoms with Crippen LogP contribution in [0.3, 0.4) is 0 Å². The van der Waals surface area contributed by atoms with Crippen molar-refractivity contribution in [1.82, 2.24) is 5.43 Å². The summed E-state index contributed by atoms with van der Waals surface area (Å²) in [5.41, 5.74) is 2.10. The minimum absolute atomic E-state index is 0.00409. The molecule has 0 aromatic heterocycles. The second kappa shape index (κ2) is 9.11. The highest BCUT2D eigenvalue weighted by molar-refractivity contribution is 5.98. The van der Waals surface area contributed by atoms with Crippen LogP contribution in [-0.2, 0) is 0 Å². The van der Waals surface area contributed by atoms with Crippen LogP contribution in [-0.4, -0.2) is 28.1 Å². The Morgan fingerprint density at radius 2 is 1.70 bits per heavy atom. The fourth-order valence-corrected chi connectivity index (χ4v) is 2.51. The number of benzene rings is 3. The number of carbonyl (C=O) groups is 2. The Balaban J connectivity index is 1.85. The van der Waals surface area contributed by atoms with Crippen LogP contribution >= 0.6 is 0 Å². The molecule has 3 aromatic carbocycles. The smallest absolute Gasteiger partial charge is 0.343 e. The van der Waals surface area contributed by atoms with E-state index in [1.807, 2.05) is 0 Å². The van der Waals surface area contributed by atoms with Crippen molar-refractivity contribution in [2.45, 2.75) is 0 Å². The molecule has 1 amide bonds. The second-order valence-electron chi connectivity index (χ2n) is 5.92. The van der Waals surface area contributed by atoms with Crippen molar-refractivity contribution in [3.8, 4) is 11.5 Å². The summed E-state index contributed by atoms with van der Waals surface area (Å²) in [5.74, 6) is -2.00. The van der Waals surface area contributed by atoms with E-state index in [2.05, 4.69) is 10.5 Å². The van der Waals surface area contributed by atoms with Crippen LogP contribution in [0.25, 0.3) is 0 Å². The van der Waals surface area contributed by atoms with Crippen molar-refractivity contribution in [3.05, 3.63) is 99.6 Å². The molecule has 0 aliphatic heterocycles. The molecule has 150 valence electrons. The van der Waals surface area contributed by atoms with Crippen LogP contribution in [0.15, 0.2) is 77.9 Å². The molecule has 0 fully saturated rings. The Hall–Kier alpha value is -4.53. The summed E-state index contributed by atoms with van der Waals surface area (Å²) in [6.45, 7) is 0. The molecular weight excluding hydrogens is 390 g/mol. The standard InChI is InChI=1S/C21H15N3O6/c25-18-12-5-4-10-16(18)20(26)23-22-13-15-9-6-11-17(24(28)29)19(15)30-21(27)14-7-2-1-3-8-14/h1-13,25H,(H,23,26)/b22-13+. The van der Waals surface area contributed by atoms with Crippen molar-refractivity contribution in [2.75, 3.05) is 0 Å². The number of hydrogen-bond acceptors (Lipinski definition) is 7. The van der Waals surface area contributed by atoms with Crippen molar-refractivity contribution in [1.29, 1.82) is 0 Å². The molecule has 0 heterocycles. The van der Waals surface area contributed by atoms with Gasteiger partial charge in [-0.2, -0.15) is 5.10 Å². The van der Waals surface area contributed by atoms with E-state index >= 15 is 0 Å². The summed E-state index contributed by atoms with van der Waals surface area (Å²) in [5, 5.41) is 24.8. The van der Waals surface area contributed by atoms with Gasteiger partial charge in [0.05, 0.1) is 22.3 Å². The molecule has 30 heavy (non-hydrogen) atoms. The van der Waals surface area contributed by atoms with Crippen molar-refractivity contribution in [3.63, 3.8) is 0 Å². The number of hydrogen-bond donors (Lipinski definition) is 2. The van der Waals surface area contributed by atoms with Crippen LogP contribution in [0.4, 0.5) is 5.69 Å². The number of carbonyl (C=O) groups excluding carboxylic acids is 2. The Kier molecular flexibility index (Phi) is 6.14. The molecule has 0 saturated heterocycles. The zero-order chi connectivity index (χ0) is 21.5. The SMILES string of the molecule is O=C(Oc1c(/C=N/NC(=O)c2ccccc2O)cccc1[N+](=O)[O-])c1ccccc1. The Morgan fingerprint density at radius 1 is 1.00 bits per heavy atom. The van der Waals surface area contributed by atoms with Gasteiger partial charge in [0.2, 0.25) is 5.75 Å². The highest BCUT2D eigenvalue weighted by Crippen LogP contribution is 2.30. The lowest BCUT2D eigenvalue weighted by molar-refractivity contribution is -0.385. The number of amides is 1. The molecule has 0 bridgehead atoms. The molecule has 0 radical (unpaired) electrons. The maximum absolute atomic E-state index is 12.4. The second-order valence-corrected chi connectivity index (χ2v) is 5.92. The number of phenolic OH excluding ortho intramolecular Hbond substituents is 1. The molecule has 0 unspecified atom stereocenters. The summed E-state index contributed by atoms with van der Waals surface area (Å²) in [4.78, 5) is 35.1. The first-order valence-corrected chi connectivity index (χ1v) is 8.63. The highest BCUT2D eigenvalue weighted by Gasteiger charge is 2.22. The van der Waals surface area contributed by atoms with Crippen LogP contribution in [0.5, 0.6) is 11.5 Å². The van der Waals surface area contributed by atoms with Crippen LogP contribution in [0, 0.1) is 10.1 Å². The van der Waals surface area contributed by atoms with Gasteiger partial charge in [-0.25, -0.2) is 10.2 Å². The van der Waals surface area contributed by atoms with E-state index in [1.54, 1.807) is 30.3 Å². The number of ether oxygens (including phenoxy) is 1. The van der Waals surface area contributed by atoms with Gasteiger partial charge in [-0.15, -0.1) is 0 Å².